The predicted octanol–water partition coefficient (Wildman–Crippen LogP) is 3.10. The summed E-state index contributed by atoms with van der Waals surface area (Å²) in [6, 6.07) is 15.9. The normalized spacial score (nSPS) is 12.4. The summed E-state index contributed by atoms with van der Waals surface area (Å²) in [7, 11) is 0. The van der Waals surface area contributed by atoms with E-state index in [2.05, 4.69) is 0 Å². The van der Waals surface area contributed by atoms with Crippen LogP contribution in [0.15, 0.2) is 54.6 Å². The number of aliphatic hydroxyl groups excluding tert-OH is 1. The van der Waals surface area contributed by atoms with Crippen molar-refractivity contribution in [2.75, 3.05) is 0 Å². The second-order valence-corrected chi connectivity index (χ2v) is 3.73. The van der Waals surface area contributed by atoms with E-state index in [1.165, 1.54) is 6.07 Å². The molecule has 0 heterocycles. The third kappa shape index (κ3) is 2.47. The second-order valence-electron chi connectivity index (χ2n) is 3.73. The first-order chi connectivity index (χ1) is 7.77. The maximum absolute atomic E-state index is 13.4. The number of hydrogen-bond acceptors (Lipinski definition) is 1. The van der Waals surface area contributed by atoms with Crippen LogP contribution >= 0.6 is 0 Å². The molecule has 0 spiro atoms. The van der Waals surface area contributed by atoms with Gasteiger partial charge in [-0.2, -0.15) is 0 Å². The van der Waals surface area contributed by atoms with Crippen LogP contribution in [-0.4, -0.2) is 5.11 Å². The molecule has 0 amide bonds. The van der Waals surface area contributed by atoms with Crippen molar-refractivity contribution in [3.05, 3.63) is 71.5 Å². The molecular weight excluding hydrogens is 203 g/mol. The monoisotopic (exact) mass is 216 g/mol. The Hall–Kier alpha value is -1.67. The zero-order chi connectivity index (χ0) is 11.4. The van der Waals surface area contributed by atoms with Crippen LogP contribution in [0.3, 0.4) is 0 Å². The minimum Gasteiger partial charge on any atom is -0.388 e. The summed E-state index contributed by atoms with van der Waals surface area (Å²) in [5.41, 5.74) is 1.35. The lowest BCUT2D eigenvalue weighted by atomic mass is 10.0. The maximum atomic E-state index is 13.4. The first-order valence-corrected chi connectivity index (χ1v) is 5.24. The average Bonchev–Trinajstić information content (AvgIpc) is 2.31. The number of benzene rings is 2. The van der Waals surface area contributed by atoms with Crippen LogP contribution in [-0.2, 0) is 6.42 Å². The van der Waals surface area contributed by atoms with Gasteiger partial charge in [-0.05, 0) is 11.6 Å². The van der Waals surface area contributed by atoms with Gasteiger partial charge in [-0.1, -0.05) is 48.5 Å². The lowest BCUT2D eigenvalue weighted by Gasteiger charge is -2.11. The number of aliphatic hydroxyl groups is 1. The van der Waals surface area contributed by atoms with Crippen LogP contribution in [0.4, 0.5) is 4.39 Å². The van der Waals surface area contributed by atoms with Crippen LogP contribution in [0.2, 0.25) is 0 Å². The Bertz CT molecular complexity index is 453. The quantitative estimate of drug-likeness (QED) is 0.835. The van der Waals surface area contributed by atoms with E-state index in [0.29, 0.717) is 12.0 Å². The average molecular weight is 216 g/mol. The van der Waals surface area contributed by atoms with Crippen molar-refractivity contribution in [2.45, 2.75) is 12.5 Å². The Morgan fingerprint density at radius 3 is 2.25 bits per heavy atom. The van der Waals surface area contributed by atoms with Gasteiger partial charge in [0.25, 0.3) is 0 Å². The fraction of sp³-hybridized carbons (Fsp3) is 0.143. The summed E-state index contributed by atoms with van der Waals surface area (Å²) in [4.78, 5) is 0. The summed E-state index contributed by atoms with van der Waals surface area (Å²) >= 11 is 0. The Kier molecular flexibility index (Phi) is 3.32. The molecule has 2 aromatic rings. The lowest BCUT2D eigenvalue weighted by Crippen LogP contribution is -2.03. The summed E-state index contributed by atoms with van der Waals surface area (Å²) < 4.78 is 13.4. The zero-order valence-electron chi connectivity index (χ0n) is 8.81. The summed E-state index contributed by atoms with van der Waals surface area (Å²) in [5.74, 6) is -0.356. The van der Waals surface area contributed by atoms with Crippen molar-refractivity contribution in [3.8, 4) is 0 Å². The Labute approximate surface area is 94.2 Å². The summed E-state index contributed by atoms with van der Waals surface area (Å²) in [6.07, 6.45) is -0.356. The van der Waals surface area contributed by atoms with Crippen molar-refractivity contribution in [2.24, 2.45) is 0 Å². The van der Waals surface area contributed by atoms with Gasteiger partial charge in [0.15, 0.2) is 0 Å². The van der Waals surface area contributed by atoms with Crippen molar-refractivity contribution in [1.29, 1.82) is 0 Å². The zero-order valence-corrected chi connectivity index (χ0v) is 8.81. The highest BCUT2D eigenvalue weighted by Gasteiger charge is 2.12. The number of rotatable bonds is 3. The molecule has 1 nitrogen and oxygen atoms in total. The topological polar surface area (TPSA) is 20.2 Å². The number of halogens is 1. The smallest absolute Gasteiger partial charge is 0.129 e. The van der Waals surface area contributed by atoms with Crippen LogP contribution in [0.5, 0.6) is 0 Å². The molecule has 0 aliphatic rings. The molecule has 0 saturated carbocycles. The van der Waals surface area contributed by atoms with Crippen molar-refractivity contribution in [3.63, 3.8) is 0 Å². The molecule has 0 saturated heterocycles. The maximum Gasteiger partial charge on any atom is 0.129 e. The van der Waals surface area contributed by atoms with Gasteiger partial charge in [0.1, 0.15) is 5.82 Å². The molecule has 0 fully saturated rings. The van der Waals surface area contributed by atoms with Crippen LogP contribution in [0.1, 0.15) is 17.2 Å². The highest BCUT2D eigenvalue weighted by Crippen LogP contribution is 2.20. The molecule has 2 aromatic carbocycles. The third-order valence-electron chi connectivity index (χ3n) is 2.54. The Morgan fingerprint density at radius 2 is 1.56 bits per heavy atom. The number of hydrogen-bond donors (Lipinski definition) is 1. The van der Waals surface area contributed by atoms with Gasteiger partial charge in [-0.25, -0.2) is 4.39 Å². The van der Waals surface area contributed by atoms with E-state index in [-0.39, 0.29) is 5.82 Å². The van der Waals surface area contributed by atoms with E-state index in [9.17, 15) is 9.50 Å². The summed E-state index contributed by atoms with van der Waals surface area (Å²) in [6.45, 7) is 0. The molecule has 0 aromatic heterocycles. The van der Waals surface area contributed by atoms with Gasteiger partial charge in [0.05, 0.1) is 6.10 Å². The van der Waals surface area contributed by atoms with Crippen molar-refractivity contribution >= 4 is 0 Å². The van der Waals surface area contributed by atoms with Gasteiger partial charge < -0.3 is 5.11 Å². The molecule has 1 atom stereocenters. The molecule has 16 heavy (non-hydrogen) atoms. The largest absolute Gasteiger partial charge is 0.388 e. The molecule has 82 valence electrons. The Morgan fingerprint density at radius 1 is 0.938 bits per heavy atom. The molecule has 1 unspecified atom stereocenters. The lowest BCUT2D eigenvalue weighted by molar-refractivity contribution is 0.173. The first kappa shape index (κ1) is 10.8. The molecule has 2 rings (SSSR count). The van der Waals surface area contributed by atoms with Crippen LogP contribution in [0, 0.1) is 5.82 Å². The minimum absolute atomic E-state index is 0.353. The molecular formula is C14H13FO. The van der Waals surface area contributed by atoms with Crippen molar-refractivity contribution in [1.82, 2.24) is 0 Å². The fourth-order valence-corrected chi connectivity index (χ4v) is 1.69. The van der Waals surface area contributed by atoms with E-state index < -0.39 is 6.10 Å². The van der Waals surface area contributed by atoms with E-state index in [0.717, 1.165) is 5.56 Å². The minimum atomic E-state index is -0.788. The molecule has 0 bridgehead atoms. The first-order valence-electron chi connectivity index (χ1n) is 5.24. The summed E-state index contributed by atoms with van der Waals surface area (Å²) in [5, 5.41) is 9.91. The predicted molar refractivity (Wildman–Crippen MR) is 61.5 cm³/mol. The van der Waals surface area contributed by atoms with Crippen LogP contribution < -0.4 is 0 Å². The van der Waals surface area contributed by atoms with Crippen LogP contribution in [0.25, 0.3) is 0 Å². The molecule has 0 aliphatic heterocycles. The molecule has 0 radical (unpaired) electrons. The molecule has 2 heteroatoms. The van der Waals surface area contributed by atoms with E-state index in [1.54, 1.807) is 18.2 Å². The fourth-order valence-electron chi connectivity index (χ4n) is 1.69. The van der Waals surface area contributed by atoms with E-state index >= 15 is 0 Å². The second kappa shape index (κ2) is 4.90. The molecule has 1 N–H and O–H groups in total. The SMILES string of the molecule is OC(Cc1ccccc1)c1ccccc1F. The van der Waals surface area contributed by atoms with Gasteiger partial charge in [0.2, 0.25) is 0 Å². The highest BCUT2D eigenvalue weighted by molar-refractivity contribution is 5.23. The highest BCUT2D eigenvalue weighted by atomic mass is 19.1. The molecule has 0 aliphatic carbocycles. The van der Waals surface area contributed by atoms with Crippen molar-refractivity contribution < 1.29 is 9.50 Å². The Balaban J connectivity index is 2.15. The van der Waals surface area contributed by atoms with E-state index in [4.69, 9.17) is 0 Å². The third-order valence-corrected chi connectivity index (χ3v) is 2.54. The van der Waals surface area contributed by atoms with Gasteiger partial charge in [0, 0.05) is 12.0 Å². The standard InChI is InChI=1S/C14H13FO/c15-13-9-5-4-8-12(13)14(16)10-11-6-2-1-3-7-11/h1-9,14,16H,10H2. The van der Waals surface area contributed by atoms with E-state index in [1.807, 2.05) is 30.3 Å². The van der Waals surface area contributed by atoms with Gasteiger partial charge in [-0.3, -0.25) is 0 Å². The van der Waals surface area contributed by atoms with Gasteiger partial charge in [-0.15, -0.1) is 0 Å². The van der Waals surface area contributed by atoms with Gasteiger partial charge >= 0.3 is 0 Å².